The summed E-state index contributed by atoms with van der Waals surface area (Å²) in [6.45, 7) is 23.0. The predicted molar refractivity (Wildman–Crippen MR) is 164 cm³/mol. The van der Waals surface area contributed by atoms with Gasteiger partial charge in [0.15, 0.2) is 0 Å². The van der Waals surface area contributed by atoms with Gasteiger partial charge in [0.1, 0.15) is 0 Å². The van der Waals surface area contributed by atoms with Crippen molar-refractivity contribution in [1.29, 1.82) is 0 Å². The highest BCUT2D eigenvalue weighted by Crippen LogP contribution is 2.77. The Morgan fingerprint density at radius 2 is 1.66 bits per heavy atom. The molecule has 0 unspecified atom stereocenters. The summed E-state index contributed by atoms with van der Waals surface area (Å²) in [6, 6.07) is 6.86. The van der Waals surface area contributed by atoms with Crippen molar-refractivity contribution in [3.8, 4) is 0 Å². The molecule has 0 amide bonds. The van der Waals surface area contributed by atoms with Gasteiger partial charge in [-0.3, -0.25) is 0 Å². The molecule has 2 aromatic rings. The molecule has 1 heterocycles. The molecule has 4 saturated carbocycles. The highest BCUT2D eigenvalue weighted by Gasteiger charge is 2.70. The van der Waals surface area contributed by atoms with E-state index in [1.165, 1.54) is 84.4 Å². The molecule has 0 bridgehead atoms. The minimum atomic E-state index is 0.175. The van der Waals surface area contributed by atoms with Crippen molar-refractivity contribution in [3.05, 3.63) is 46.1 Å². The maximum absolute atomic E-state index is 4.54. The van der Waals surface area contributed by atoms with E-state index >= 15 is 0 Å². The monoisotopic (exact) mass is 575 g/mol. The second-order valence-electron chi connectivity index (χ2n) is 16.4. The zero-order chi connectivity index (χ0) is 27.0. The van der Waals surface area contributed by atoms with E-state index in [0.29, 0.717) is 21.7 Å². The third-order valence-electron chi connectivity index (χ3n) is 14.7. The first-order valence-electron chi connectivity index (χ1n) is 15.7. The maximum Gasteiger partial charge on any atom is 0.0459 e. The molecule has 5 aliphatic rings. The van der Waals surface area contributed by atoms with Crippen LogP contribution in [0.3, 0.4) is 0 Å². The van der Waals surface area contributed by atoms with Crippen LogP contribution in [-0.4, -0.2) is 4.98 Å². The molecule has 1 aromatic carbocycles. The lowest BCUT2D eigenvalue weighted by Crippen LogP contribution is -2.66. The van der Waals surface area contributed by atoms with Crippen LogP contribution >= 0.6 is 15.9 Å². The molecular weight excluding hydrogens is 526 g/mol. The average Bonchev–Trinajstić information content (AvgIpc) is 3.38. The maximum atomic E-state index is 4.54. The molecule has 0 aliphatic heterocycles. The third kappa shape index (κ3) is 3.00. The van der Waals surface area contributed by atoms with Crippen LogP contribution in [0.2, 0.25) is 0 Å². The SMILES string of the molecule is C=C(C)[C@@H]1CC[C@]2(C)CC[C@]3(C)[C@H](CC[C@@H]4[C@@]5(C)Cc6c([nH]c7ccc(Br)cc67)C(C)(C)[C@@H]5CC[C@]43C)[C@@H]12. The number of allylic oxidation sites excluding steroid dienone is 1. The lowest BCUT2D eigenvalue weighted by molar-refractivity contribution is -0.223. The van der Waals surface area contributed by atoms with Crippen molar-refractivity contribution in [2.75, 3.05) is 0 Å². The standard InChI is InChI=1S/C36H50BrN/c1-21(2)23-13-15-33(5)17-18-35(7)26(30(23)33)10-12-29-34(6)20-25-24-19-22(37)9-11-27(24)38-31(25)32(3,4)28(34)14-16-36(29,35)8/h9,11,19,23,26,28-30,38H,1,10,12-18,20H2,2-8H3/t23-,26+,28-,29+,30+,33+,34-,35+,36+/m0/s1. The summed E-state index contributed by atoms with van der Waals surface area (Å²) >= 11 is 3.79. The van der Waals surface area contributed by atoms with Crippen molar-refractivity contribution in [2.45, 2.75) is 112 Å². The van der Waals surface area contributed by atoms with Crippen LogP contribution in [0, 0.1) is 51.2 Å². The molecule has 4 fully saturated rings. The van der Waals surface area contributed by atoms with Gasteiger partial charge in [-0.1, -0.05) is 69.6 Å². The highest BCUT2D eigenvalue weighted by molar-refractivity contribution is 9.10. The highest BCUT2D eigenvalue weighted by atomic mass is 79.9. The zero-order valence-electron chi connectivity index (χ0n) is 25.1. The Morgan fingerprint density at radius 3 is 2.39 bits per heavy atom. The fraction of sp³-hybridized carbons (Fsp3) is 0.722. The normalized spacial score (nSPS) is 47.0. The van der Waals surface area contributed by atoms with E-state index in [-0.39, 0.29) is 5.41 Å². The molecule has 206 valence electrons. The van der Waals surface area contributed by atoms with Crippen LogP contribution in [-0.2, 0) is 11.8 Å². The molecule has 0 spiro atoms. The Balaban J connectivity index is 1.33. The second kappa shape index (κ2) is 7.83. The molecular formula is C36H50BrN. The number of aromatic nitrogens is 1. The van der Waals surface area contributed by atoms with Gasteiger partial charge < -0.3 is 4.98 Å². The number of fused-ring (bicyclic) bond motifs is 10. The van der Waals surface area contributed by atoms with E-state index in [1.807, 2.05) is 0 Å². The molecule has 2 heteroatoms. The van der Waals surface area contributed by atoms with Gasteiger partial charge in [-0.25, -0.2) is 0 Å². The quantitative estimate of drug-likeness (QED) is 0.325. The van der Waals surface area contributed by atoms with Gasteiger partial charge in [0.25, 0.3) is 0 Å². The summed E-state index contributed by atoms with van der Waals surface area (Å²) in [5.74, 6) is 4.00. The number of H-pyrrole nitrogens is 1. The van der Waals surface area contributed by atoms with Gasteiger partial charge in [0.05, 0.1) is 0 Å². The van der Waals surface area contributed by atoms with Crippen LogP contribution < -0.4 is 0 Å². The summed E-state index contributed by atoms with van der Waals surface area (Å²) in [4.78, 5) is 3.93. The van der Waals surface area contributed by atoms with Crippen molar-refractivity contribution < 1.29 is 0 Å². The van der Waals surface area contributed by atoms with Crippen molar-refractivity contribution >= 4 is 26.8 Å². The zero-order valence-corrected chi connectivity index (χ0v) is 26.7. The molecule has 1 N–H and O–H groups in total. The Kier molecular flexibility index (Phi) is 5.34. The molecule has 38 heavy (non-hydrogen) atoms. The van der Waals surface area contributed by atoms with Crippen molar-refractivity contribution in [2.24, 2.45) is 51.2 Å². The second-order valence-corrected chi connectivity index (χ2v) is 17.3. The van der Waals surface area contributed by atoms with Gasteiger partial charge in [-0.05, 0) is 140 Å². The van der Waals surface area contributed by atoms with E-state index in [4.69, 9.17) is 0 Å². The van der Waals surface area contributed by atoms with Gasteiger partial charge >= 0.3 is 0 Å². The van der Waals surface area contributed by atoms with E-state index in [1.54, 1.807) is 5.56 Å². The van der Waals surface area contributed by atoms with E-state index in [2.05, 4.69) is 94.2 Å². The number of halogens is 1. The van der Waals surface area contributed by atoms with Crippen LogP contribution in [0.5, 0.6) is 0 Å². The molecule has 9 atom stereocenters. The fourth-order valence-electron chi connectivity index (χ4n) is 12.8. The van der Waals surface area contributed by atoms with Crippen LogP contribution in [0.25, 0.3) is 10.9 Å². The van der Waals surface area contributed by atoms with E-state index < -0.39 is 0 Å². The lowest BCUT2D eigenvalue weighted by Gasteiger charge is -2.72. The molecule has 1 aromatic heterocycles. The van der Waals surface area contributed by atoms with E-state index in [9.17, 15) is 0 Å². The Hall–Kier alpha value is -1.02. The van der Waals surface area contributed by atoms with E-state index in [0.717, 1.165) is 29.6 Å². The van der Waals surface area contributed by atoms with Gasteiger partial charge in [-0.2, -0.15) is 0 Å². The number of rotatable bonds is 1. The van der Waals surface area contributed by atoms with Crippen molar-refractivity contribution in [3.63, 3.8) is 0 Å². The van der Waals surface area contributed by atoms with Crippen LogP contribution in [0.1, 0.15) is 111 Å². The Bertz CT molecular complexity index is 1330. The number of nitrogens with one attached hydrogen (secondary N) is 1. The summed E-state index contributed by atoms with van der Waals surface area (Å²) in [5, 5.41) is 1.46. The van der Waals surface area contributed by atoms with Gasteiger partial charge in [-0.15, -0.1) is 0 Å². The average molecular weight is 577 g/mol. The molecule has 0 radical (unpaired) electrons. The number of benzene rings is 1. The fourth-order valence-corrected chi connectivity index (χ4v) is 13.2. The minimum absolute atomic E-state index is 0.175. The third-order valence-corrected chi connectivity index (χ3v) is 15.2. The topological polar surface area (TPSA) is 15.8 Å². The van der Waals surface area contributed by atoms with Crippen LogP contribution in [0.4, 0.5) is 0 Å². The molecule has 1 nitrogen and oxygen atoms in total. The summed E-state index contributed by atoms with van der Waals surface area (Å²) in [5.41, 5.74) is 7.87. The Morgan fingerprint density at radius 1 is 0.895 bits per heavy atom. The minimum Gasteiger partial charge on any atom is -0.358 e. The summed E-state index contributed by atoms with van der Waals surface area (Å²) < 4.78 is 1.20. The molecule has 7 rings (SSSR count). The van der Waals surface area contributed by atoms with Gasteiger partial charge in [0, 0.05) is 26.5 Å². The Labute approximate surface area is 240 Å². The summed E-state index contributed by atoms with van der Waals surface area (Å²) in [6.07, 6.45) is 12.6. The number of hydrogen-bond acceptors (Lipinski definition) is 0. The predicted octanol–water partition coefficient (Wildman–Crippen LogP) is 10.6. The van der Waals surface area contributed by atoms with Crippen LogP contribution in [0.15, 0.2) is 34.8 Å². The first-order valence-corrected chi connectivity index (χ1v) is 16.5. The smallest absolute Gasteiger partial charge is 0.0459 e. The number of hydrogen-bond donors (Lipinski definition) is 1. The first kappa shape index (κ1) is 25.9. The first-order chi connectivity index (χ1) is 17.8. The molecule has 5 aliphatic carbocycles. The molecule has 0 saturated heterocycles. The lowest BCUT2D eigenvalue weighted by atomic mass is 9.32. The van der Waals surface area contributed by atoms with Crippen molar-refractivity contribution in [1.82, 2.24) is 4.98 Å². The summed E-state index contributed by atoms with van der Waals surface area (Å²) in [7, 11) is 0. The van der Waals surface area contributed by atoms with Gasteiger partial charge in [0.2, 0.25) is 0 Å². The number of aromatic amines is 1. The largest absolute Gasteiger partial charge is 0.358 e.